The van der Waals surface area contributed by atoms with Gasteiger partial charge >= 0.3 is 11.9 Å². The maximum Gasteiger partial charge on any atom is 0.335 e. The fourth-order valence-electron chi connectivity index (χ4n) is 2.21. The van der Waals surface area contributed by atoms with Gasteiger partial charge in [-0.1, -0.05) is 0 Å². The van der Waals surface area contributed by atoms with Gasteiger partial charge in [-0.2, -0.15) is 0 Å². The van der Waals surface area contributed by atoms with Crippen molar-refractivity contribution in [3.8, 4) is 11.4 Å². The highest BCUT2D eigenvalue weighted by atomic mass is 35.7. The van der Waals surface area contributed by atoms with Crippen LogP contribution < -0.4 is 23.2 Å². The van der Waals surface area contributed by atoms with Crippen molar-refractivity contribution in [2.24, 2.45) is 0 Å². The van der Waals surface area contributed by atoms with Crippen LogP contribution in [-0.4, -0.2) is 26.7 Å². The summed E-state index contributed by atoms with van der Waals surface area (Å²) in [7, 11) is -4.94. The minimum absolute atomic E-state index is 0.234. The normalized spacial score (nSPS) is 10.7. The number of carboxylic acids is 2. The smallest absolute Gasteiger partial charge is 0.335 e. The summed E-state index contributed by atoms with van der Waals surface area (Å²) >= 11 is 0. The van der Waals surface area contributed by atoms with Crippen LogP contribution in [0.2, 0.25) is 0 Å². The topological polar surface area (TPSA) is 176 Å². The highest BCUT2D eigenvalue weighted by molar-refractivity contribution is 5.88. The molecule has 0 aliphatic rings. The molecule has 2 aromatic carbocycles. The molecule has 1 heterocycles. The Morgan fingerprint density at radius 1 is 0.821 bits per heavy atom. The lowest BCUT2D eigenvalue weighted by molar-refractivity contribution is -2.00. The van der Waals surface area contributed by atoms with E-state index in [1.165, 1.54) is 0 Å². The van der Waals surface area contributed by atoms with Crippen LogP contribution in [0.25, 0.3) is 11.4 Å². The molecule has 28 heavy (non-hydrogen) atoms. The fraction of sp³-hybridized carbons (Fsp3) is 0. The number of carbonyl (C=O) groups is 2. The number of hydrogen-bond donors (Lipinski definition) is 2. The first-order valence-electron chi connectivity index (χ1n) is 7.43. The lowest BCUT2D eigenvalue weighted by Gasteiger charge is -2.17. The van der Waals surface area contributed by atoms with Crippen molar-refractivity contribution in [3.05, 3.63) is 78.4 Å². The Kier molecular flexibility index (Phi) is 6.46. The first kappa shape index (κ1) is 21.0. The number of hydrogen-bond acceptors (Lipinski definition) is 6. The standard InChI is InChI=1S/C17H12N2O4.ClHO4/c20-16(21)12-1-5-14(6-2-12)18-9-10-19(11-18)15-7-3-13(4-8-15)17(22)23;2-1(3,4)5/h1-11H,(H-,20,21,22,23);(H,2,3,4,5). The molecule has 0 saturated heterocycles. The van der Waals surface area contributed by atoms with Gasteiger partial charge in [-0.3, -0.25) is 0 Å². The average molecular weight is 409 g/mol. The Labute approximate surface area is 160 Å². The van der Waals surface area contributed by atoms with E-state index in [-0.39, 0.29) is 11.1 Å². The van der Waals surface area contributed by atoms with Gasteiger partial charge in [0.2, 0.25) is 0 Å². The molecular weight excluding hydrogens is 396 g/mol. The number of aromatic carboxylic acids is 2. The predicted molar refractivity (Wildman–Crippen MR) is 81.2 cm³/mol. The van der Waals surface area contributed by atoms with Crippen molar-refractivity contribution in [2.75, 3.05) is 0 Å². The lowest BCUT2D eigenvalue weighted by Crippen LogP contribution is -2.68. The molecule has 0 amide bonds. The van der Waals surface area contributed by atoms with Crippen LogP contribution >= 0.6 is 0 Å². The summed E-state index contributed by atoms with van der Waals surface area (Å²) in [6.45, 7) is 0. The van der Waals surface area contributed by atoms with Gasteiger partial charge in [-0.05, 0) is 48.5 Å². The molecule has 0 unspecified atom stereocenters. The van der Waals surface area contributed by atoms with Crippen LogP contribution in [0.1, 0.15) is 20.7 Å². The summed E-state index contributed by atoms with van der Waals surface area (Å²) in [5, 5.41) is 17.8. The van der Waals surface area contributed by atoms with Crippen LogP contribution in [0.15, 0.2) is 67.3 Å². The summed E-state index contributed by atoms with van der Waals surface area (Å²) < 4.78 is 37.7. The monoisotopic (exact) mass is 408 g/mol. The zero-order valence-corrected chi connectivity index (χ0v) is 14.7. The molecule has 0 bridgehead atoms. The van der Waals surface area contributed by atoms with Crippen molar-refractivity contribution >= 4 is 11.9 Å². The summed E-state index contributed by atoms with van der Waals surface area (Å²) in [5.41, 5.74) is 2.13. The first-order valence-corrected chi connectivity index (χ1v) is 8.66. The second-order valence-corrected chi connectivity index (χ2v) is 6.07. The summed E-state index contributed by atoms with van der Waals surface area (Å²) in [5.74, 6) is -1.92. The van der Waals surface area contributed by atoms with Crippen molar-refractivity contribution in [1.29, 1.82) is 0 Å². The molecule has 11 heteroatoms. The van der Waals surface area contributed by atoms with E-state index in [2.05, 4.69) is 0 Å². The third kappa shape index (κ3) is 6.16. The maximum absolute atomic E-state index is 10.9. The minimum Gasteiger partial charge on any atom is -0.478 e. The van der Waals surface area contributed by atoms with E-state index < -0.39 is 22.2 Å². The highest BCUT2D eigenvalue weighted by Crippen LogP contribution is 2.10. The van der Waals surface area contributed by atoms with E-state index in [0.717, 1.165) is 11.4 Å². The average Bonchev–Trinajstić information content (AvgIpc) is 3.10. The number of carboxylic acid groups (broad SMARTS) is 2. The molecule has 3 rings (SSSR count). The van der Waals surface area contributed by atoms with Gasteiger partial charge in [0.15, 0.2) is 0 Å². The number of imidazole rings is 1. The molecule has 2 N–H and O–H groups in total. The minimum atomic E-state index is -4.94. The Balaban J connectivity index is 0.000000500. The number of rotatable bonds is 4. The van der Waals surface area contributed by atoms with Gasteiger partial charge in [0, 0.05) is 0 Å². The van der Waals surface area contributed by atoms with Crippen LogP contribution in [0.4, 0.5) is 0 Å². The number of nitrogens with zero attached hydrogens (tertiary/aromatic N) is 2. The molecule has 146 valence electrons. The zero-order chi connectivity index (χ0) is 20.9. The third-order valence-corrected chi connectivity index (χ3v) is 3.46. The Bertz CT molecular complexity index is 884. The largest absolute Gasteiger partial charge is 0.478 e. The van der Waals surface area contributed by atoms with Crippen molar-refractivity contribution in [3.63, 3.8) is 0 Å². The Morgan fingerprint density at radius 3 is 1.68 bits per heavy atom. The zero-order valence-electron chi connectivity index (χ0n) is 14.0. The number of aromatic nitrogens is 2. The molecule has 0 saturated carbocycles. The molecular formula is C17H13ClN2O8. The molecule has 0 aliphatic heterocycles. The van der Waals surface area contributed by atoms with Crippen molar-refractivity contribution in [1.82, 2.24) is 4.57 Å². The van der Waals surface area contributed by atoms with E-state index in [1.54, 1.807) is 48.5 Å². The summed E-state index contributed by atoms with van der Waals surface area (Å²) in [6.07, 6.45) is 5.49. The highest BCUT2D eigenvalue weighted by Gasteiger charge is 2.11. The van der Waals surface area contributed by atoms with Gasteiger partial charge in [0.05, 0.1) is 11.1 Å². The number of halogens is 1. The van der Waals surface area contributed by atoms with Crippen molar-refractivity contribution < 1.29 is 53.2 Å². The molecule has 0 radical (unpaired) electrons. The second kappa shape index (κ2) is 8.61. The van der Waals surface area contributed by atoms with Gasteiger partial charge < -0.3 is 10.2 Å². The Hall–Kier alpha value is -3.28. The van der Waals surface area contributed by atoms with Gasteiger partial charge in [0.1, 0.15) is 23.8 Å². The molecule has 0 fully saturated rings. The maximum atomic E-state index is 10.9. The third-order valence-electron chi connectivity index (χ3n) is 3.46. The molecule has 3 aromatic rings. The lowest BCUT2D eigenvalue weighted by atomic mass is 10.2. The summed E-state index contributed by atoms with van der Waals surface area (Å²) in [6, 6.07) is 13.1. The summed E-state index contributed by atoms with van der Waals surface area (Å²) in [4.78, 5) is 21.7. The van der Waals surface area contributed by atoms with Crippen molar-refractivity contribution in [2.45, 2.75) is 0 Å². The number of benzene rings is 2. The van der Waals surface area contributed by atoms with Gasteiger partial charge in [-0.25, -0.2) is 37.4 Å². The fourth-order valence-corrected chi connectivity index (χ4v) is 2.21. The van der Waals surface area contributed by atoms with Crippen LogP contribution in [0, 0.1) is 10.2 Å². The molecule has 0 aliphatic carbocycles. The quantitative estimate of drug-likeness (QED) is 0.441. The van der Waals surface area contributed by atoms with E-state index in [4.69, 9.17) is 28.8 Å². The molecule has 0 atom stereocenters. The van der Waals surface area contributed by atoms with Crippen LogP contribution in [-0.2, 0) is 0 Å². The SMILES string of the molecule is O=C(O)c1ccc(-n2cc[n+](-c3ccc(C(=O)O)cc3)c2)cc1.[O-][Cl+3]([O-])([O-])[O-]. The van der Waals surface area contributed by atoms with Gasteiger partial charge in [0.25, 0.3) is 6.33 Å². The van der Waals surface area contributed by atoms with Crippen LogP contribution in [0.5, 0.6) is 0 Å². The first-order chi connectivity index (χ1) is 13.0. The van der Waals surface area contributed by atoms with E-state index in [1.807, 2.05) is 27.9 Å². The molecule has 1 aromatic heterocycles. The van der Waals surface area contributed by atoms with E-state index in [0.29, 0.717) is 0 Å². The van der Waals surface area contributed by atoms with Crippen LogP contribution in [0.3, 0.4) is 0 Å². The van der Waals surface area contributed by atoms with E-state index in [9.17, 15) is 9.59 Å². The molecule has 10 nitrogen and oxygen atoms in total. The van der Waals surface area contributed by atoms with E-state index >= 15 is 0 Å². The predicted octanol–water partition coefficient (Wildman–Crippen LogP) is -2.61. The molecule has 0 spiro atoms. The van der Waals surface area contributed by atoms with Gasteiger partial charge in [-0.15, -0.1) is 10.2 Å². The Morgan fingerprint density at radius 2 is 1.25 bits per heavy atom. The second-order valence-electron chi connectivity index (χ2n) is 5.31.